The fourth-order valence-corrected chi connectivity index (χ4v) is 4.38. The molecule has 8 heteroatoms. The Morgan fingerprint density at radius 1 is 1.55 bits per heavy atom. The fraction of sp³-hybridized carbons (Fsp3) is 0.643. The number of carbonyl (C=O) groups is 1. The number of ether oxygens (including phenoxy) is 1. The standard InChI is InChI=1S/C14H22N2O5S/c1-9(15)11-5-4-6-16(8-11)22(18,19)13-7-12(14(17)20-3)21-10(13)2/h7,9,11H,4-6,8,15H2,1-3H3. The molecular formula is C14H22N2O5S. The van der Waals surface area contributed by atoms with Crippen molar-refractivity contribution in [2.75, 3.05) is 20.2 Å². The Morgan fingerprint density at radius 2 is 2.23 bits per heavy atom. The molecule has 2 unspecified atom stereocenters. The fourth-order valence-electron chi connectivity index (χ4n) is 2.68. The minimum atomic E-state index is -3.70. The average Bonchev–Trinajstić information content (AvgIpc) is 2.89. The lowest BCUT2D eigenvalue weighted by Gasteiger charge is -2.33. The molecule has 0 spiro atoms. The van der Waals surface area contributed by atoms with Gasteiger partial charge in [0.05, 0.1) is 7.11 Å². The number of hydrogen-bond donors (Lipinski definition) is 1. The first kappa shape index (κ1) is 17.0. The quantitative estimate of drug-likeness (QED) is 0.830. The van der Waals surface area contributed by atoms with Gasteiger partial charge in [-0.25, -0.2) is 13.2 Å². The molecule has 1 aliphatic heterocycles. The smallest absolute Gasteiger partial charge is 0.373 e. The van der Waals surface area contributed by atoms with E-state index in [0.29, 0.717) is 13.1 Å². The molecule has 2 atom stereocenters. The summed E-state index contributed by atoms with van der Waals surface area (Å²) < 4.78 is 36.7. The van der Waals surface area contributed by atoms with Gasteiger partial charge in [-0.05, 0) is 32.6 Å². The normalized spacial score (nSPS) is 21.5. The number of furan rings is 1. The van der Waals surface area contributed by atoms with Crippen LogP contribution in [0.15, 0.2) is 15.4 Å². The molecule has 2 heterocycles. The van der Waals surface area contributed by atoms with Crippen LogP contribution in [0.5, 0.6) is 0 Å². The third kappa shape index (κ3) is 3.18. The number of sulfonamides is 1. The number of piperidine rings is 1. The Kier molecular flexibility index (Phi) is 4.93. The van der Waals surface area contributed by atoms with Crippen LogP contribution >= 0.6 is 0 Å². The molecule has 124 valence electrons. The Hall–Kier alpha value is -1.38. The van der Waals surface area contributed by atoms with Crippen molar-refractivity contribution in [3.8, 4) is 0 Å². The number of carbonyl (C=O) groups excluding carboxylic acids is 1. The molecule has 0 bridgehead atoms. The monoisotopic (exact) mass is 330 g/mol. The molecule has 0 radical (unpaired) electrons. The van der Waals surface area contributed by atoms with Crippen molar-refractivity contribution in [1.82, 2.24) is 4.31 Å². The summed E-state index contributed by atoms with van der Waals surface area (Å²) in [7, 11) is -2.49. The maximum absolute atomic E-state index is 12.8. The van der Waals surface area contributed by atoms with Gasteiger partial charge in [0, 0.05) is 25.2 Å². The van der Waals surface area contributed by atoms with Crippen molar-refractivity contribution in [1.29, 1.82) is 0 Å². The van der Waals surface area contributed by atoms with Crippen LogP contribution in [-0.2, 0) is 14.8 Å². The van der Waals surface area contributed by atoms with Gasteiger partial charge in [-0.3, -0.25) is 0 Å². The summed E-state index contributed by atoms with van der Waals surface area (Å²) in [6, 6.07) is 1.17. The van der Waals surface area contributed by atoms with E-state index < -0.39 is 16.0 Å². The highest BCUT2D eigenvalue weighted by Gasteiger charge is 2.34. The second-order valence-electron chi connectivity index (χ2n) is 5.65. The van der Waals surface area contributed by atoms with Crippen LogP contribution < -0.4 is 5.73 Å². The van der Waals surface area contributed by atoms with Crippen LogP contribution in [-0.4, -0.2) is 44.9 Å². The highest BCUT2D eigenvalue weighted by Crippen LogP contribution is 2.28. The Morgan fingerprint density at radius 3 is 2.82 bits per heavy atom. The van der Waals surface area contributed by atoms with Crippen molar-refractivity contribution in [3.63, 3.8) is 0 Å². The van der Waals surface area contributed by atoms with E-state index in [4.69, 9.17) is 10.2 Å². The summed E-state index contributed by atoms with van der Waals surface area (Å²) in [5.41, 5.74) is 5.90. The summed E-state index contributed by atoms with van der Waals surface area (Å²) >= 11 is 0. The summed E-state index contributed by atoms with van der Waals surface area (Å²) in [5, 5.41) is 0. The van der Waals surface area contributed by atoms with Gasteiger partial charge in [-0.15, -0.1) is 0 Å². The van der Waals surface area contributed by atoms with Crippen LogP contribution in [0.4, 0.5) is 0 Å². The number of esters is 1. The maximum Gasteiger partial charge on any atom is 0.373 e. The number of methoxy groups -OCH3 is 1. The summed E-state index contributed by atoms with van der Waals surface area (Å²) in [4.78, 5) is 11.5. The SMILES string of the molecule is COC(=O)c1cc(S(=O)(=O)N2CCCC(C(C)N)C2)c(C)o1. The van der Waals surface area contributed by atoms with E-state index in [2.05, 4.69) is 4.74 Å². The second kappa shape index (κ2) is 6.39. The van der Waals surface area contributed by atoms with E-state index in [0.717, 1.165) is 12.8 Å². The molecule has 7 nitrogen and oxygen atoms in total. The predicted molar refractivity (Wildman–Crippen MR) is 79.9 cm³/mol. The van der Waals surface area contributed by atoms with Crippen LogP contribution in [0.2, 0.25) is 0 Å². The van der Waals surface area contributed by atoms with Crippen molar-refractivity contribution < 1.29 is 22.4 Å². The van der Waals surface area contributed by atoms with Gasteiger partial charge in [-0.1, -0.05) is 0 Å². The van der Waals surface area contributed by atoms with E-state index in [1.165, 1.54) is 24.4 Å². The molecule has 1 fully saturated rings. The van der Waals surface area contributed by atoms with Crippen LogP contribution in [0.3, 0.4) is 0 Å². The molecule has 1 saturated heterocycles. The molecule has 0 aromatic carbocycles. The van der Waals surface area contributed by atoms with Crippen LogP contribution in [0.1, 0.15) is 36.1 Å². The van der Waals surface area contributed by atoms with E-state index in [-0.39, 0.29) is 28.4 Å². The molecule has 0 saturated carbocycles. The van der Waals surface area contributed by atoms with Crippen molar-refractivity contribution >= 4 is 16.0 Å². The first-order valence-electron chi connectivity index (χ1n) is 7.22. The van der Waals surface area contributed by atoms with Crippen LogP contribution in [0.25, 0.3) is 0 Å². The molecule has 2 rings (SSSR count). The molecule has 0 amide bonds. The van der Waals surface area contributed by atoms with Gasteiger partial charge >= 0.3 is 5.97 Å². The Balaban J connectivity index is 2.30. The van der Waals surface area contributed by atoms with Crippen molar-refractivity contribution in [2.45, 2.75) is 37.6 Å². The number of rotatable bonds is 4. The van der Waals surface area contributed by atoms with Crippen LogP contribution in [0, 0.1) is 12.8 Å². The van der Waals surface area contributed by atoms with Crippen molar-refractivity contribution in [2.24, 2.45) is 11.7 Å². The third-order valence-corrected chi connectivity index (χ3v) is 6.01. The van der Waals surface area contributed by atoms with Gasteiger partial charge in [0.15, 0.2) is 0 Å². The first-order chi connectivity index (χ1) is 10.3. The summed E-state index contributed by atoms with van der Waals surface area (Å²) in [6.45, 7) is 4.24. The zero-order valence-electron chi connectivity index (χ0n) is 13.0. The molecule has 1 aliphatic rings. The molecule has 2 N–H and O–H groups in total. The van der Waals surface area contributed by atoms with Gasteiger partial charge in [0.2, 0.25) is 15.8 Å². The molecule has 1 aromatic rings. The number of hydrogen-bond acceptors (Lipinski definition) is 6. The predicted octanol–water partition coefficient (Wildman–Crippen LogP) is 1.12. The minimum Gasteiger partial charge on any atom is -0.463 e. The molecule has 1 aromatic heterocycles. The average molecular weight is 330 g/mol. The van der Waals surface area contributed by atoms with Gasteiger partial charge in [-0.2, -0.15) is 4.31 Å². The van der Waals surface area contributed by atoms with E-state index in [1.807, 2.05) is 6.92 Å². The number of aryl methyl sites for hydroxylation is 1. The Bertz CT molecular complexity index is 650. The topological polar surface area (TPSA) is 103 Å². The van der Waals surface area contributed by atoms with E-state index >= 15 is 0 Å². The summed E-state index contributed by atoms with van der Waals surface area (Å²) in [6.07, 6.45) is 1.69. The number of nitrogens with zero attached hydrogens (tertiary/aromatic N) is 1. The van der Waals surface area contributed by atoms with Crippen molar-refractivity contribution in [3.05, 3.63) is 17.6 Å². The summed E-state index contributed by atoms with van der Waals surface area (Å²) in [5.74, 6) is -0.491. The Labute approximate surface area is 130 Å². The van der Waals surface area contributed by atoms with Gasteiger partial charge < -0.3 is 14.9 Å². The molecular weight excluding hydrogens is 308 g/mol. The largest absolute Gasteiger partial charge is 0.463 e. The zero-order chi connectivity index (χ0) is 16.5. The highest BCUT2D eigenvalue weighted by atomic mass is 32.2. The van der Waals surface area contributed by atoms with Gasteiger partial charge in [0.1, 0.15) is 10.7 Å². The second-order valence-corrected chi connectivity index (χ2v) is 7.55. The van der Waals surface area contributed by atoms with Gasteiger partial charge in [0.25, 0.3) is 0 Å². The maximum atomic E-state index is 12.8. The highest BCUT2D eigenvalue weighted by molar-refractivity contribution is 7.89. The lowest BCUT2D eigenvalue weighted by Crippen LogP contribution is -2.45. The number of nitrogens with two attached hydrogens (primary N) is 1. The lowest BCUT2D eigenvalue weighted by atomic mass is 9.93. The molecule has 22 heavy (non-hydrogen) atoms. The first-order valence-corrected chi connectivity index (χ1v) is 8.66. The molecule has 0 aliphatic carbocycles. The van der Waals surface area contributed by atoms with E-state index in [9.17, 15) is 13.2 Å². The third-order valence-electron chi connectivity index (χ3n) is 4.04. The lowest BCUT2D eigenvalue weighted by molar-refractivity contribution is 0.0563. The van der Waals surface area contributed by atoms with E-state index in [1.54, 1.807) is 0 Å². The minimum absolute atomic E-state index is 0.0122. The zero-order valence-corrected chi connectivity index (χ0v) is 13.9.